The van der Waals surface area contributed by atoms with E-state index in [0.717, 1.165) is 42.3 Å². The highest BCUT2D eigenvalue weighted by molar-refractivity contribution is 5.93. The van der Waals surface area contributed by atoms with Crippen LogP contribution in [-0.2, 0) is 0 Å². The van der Waals surface area contributed by atoms with E-state index in [9.17, 15) is 4.79 Å². The molecule has 34 heavy (non-hydrogen) atoms. The van der Waals surface area contributed by atoms with Crippen LogP contribution in [0.25, 0.3) is 10.9 Å². The van der Waals surface area contributed by atoms with Crippen molar-refractivity contribution < 1.29 is 4.79 Å². The fraction of sp³-hybridized carbons (Fsp3) is 0.320. The Kier molecular flexibility index (Phi) is 5.09. The average molecular weight is 455 g/mol. The molecular weight excluding hydrogens is 428 g/mol. The number of nitrogens with zero attached hydrogens (tertiary/aromatic N) is 5. The molecule has 3 atom stereocenters. The number of fused-ring (bicyclic) bond motifs is 3. The van der Waals surface area contributed by atoms with Crippen LogP contribution < -0.4 is 10.6 Å². The third kappa shape index (κ3) is 3.83. The first-order valence-electron chi connectivity index (χ1n) is 11.7. The van der Waals surface area contributed by atoms with Gasteiger partial charge in [0.2, 0.25) is 5.95 Å². The summed E-state index contributed by atoms with van der Waals surface area (Å²) >= 11 is 0. The van der Waals surface area contributed by atoms with E-state index in [-0.39, 0.29) is 24.0 Å². The number of piperidine rings is 1. The highest BCUT2D eigenvalue weighted by Gasteiger charge is 2.43. The molecule has 0 radical (unpaired) electrons. The molecule has 9 heteroatoms. The third-order valence-corrected chi connectivity index (χ3v) is 6.74. The second-order valence-corrected chi connectivity index (χ2v) is 9.10. The second-order valence-electron chi connectivity index (χ2n) is 9.10. The Labute approximate surface area is 197 Å². The number of anilines is 3. The van der Waals surface area contributed by atoms with Gasteiger partial charge in [0.05, 0.1) is 5.52 Å². The molecule has 0 saturated carbocycles. The van der Waals surface area contributed by atoms with E-state index in [2.05, 4.69) is 30.7 Å². The minimum atomic E-state index is 0.0364. The Morgan fingerprint density at radius 3 is 2.59 bits per heavy atom. The number of aromatic nitrogens is 5. The van der Waals surface area contributed by atoms with Crippen LogP contribution in [0.5, 0.6) is 0 Å². The number of amides is 1. The molecule has 2 aliphatic rings. The molecule has 2 bridgehead atoms. The van der Waals surface area contributed by atoms with Gasteiger partial charge in [0.15, 0.2) is 5.82 Å². The van der Waals surface area contributed by atoms with Crippen molar-refractivity contribution in [3.63, 3.8) is 0 Å². The Bertz CT molecular complexity index is 1320. The molecule has 1 aromatic carbocycles. The number of H-pyrrole nitrogens is 1. The van der Waals surface area contributed by atoms with Crippen LogP contribution in [0.4, 0.5) is 17.6 Å². The molecule has 2 saturated heterocycles. The summed E-state index contributed by atoms with van der Waals surface area (Å²) in [6.07, 6.45) is 5.45. The van der Waals surface area contributed by atoms with Crippen molar-refractivity contribution in [2.75, 3.05) is 10.6 Å². The highest BCUT2D eigenvalue weighted by atomic mass is 16.2. The predicted molar refractivity (Wildman–Crippen MR) is 130 cm³/mol. The summed E-state index contributed by atoms with van der Waals surface area (Å²) < 4.78 is 0. The van der Waals surface area contributed by atoms with Crippen LogP contribution in [0.1, 0.15) is 41.9 Å². The van der Waals surface area contributed by atoms with Crippen molar-refractivity contribution in [2.45, 2.75) is 50.7 Å². The summed E-state index contributed by atoms with van der Waals surface area (Å²) in [6.45, 7) is 1.96. The van der Waals surface area contributed by atoms with Crippen LogP contribution in [0.15, 0.2) is 54.7 Å². The van der Waals surface area contributed by atoms with Crippen molar-refractivity contribution in [2.24, 2.45) is 0 Å². The summed E-state index contributed by atoms with van der Waals surface area (Å²) in [7, 11) is 0. The molecule has 6 rings (SSSR count). The molecule has 1 amide bonds. The molecule has 0 spiro atoms. The van der Waals surface area contributed by atoms with E-state index in [4.69, 9.17) is 9.97 Å². The fourth-order valence-corrected chi connectivity index (χ4v) is 5.27. The lowest BCUT2D eigenvalue weighted by Gasteiger charge is -2.39. The molecule has 5 heterocycles. The van der Waals surface area contributed by atoms with E-state index in [1.165, 1.54) is 0 Å². The number of hydrogen-bond acceptors (Lipinski definition) is 7. The molecule has 4 aromatic rings. The van der Waals surface area contributed by atoms with E-state index in [0.29, 0.717) is 23.3 Å². The summed E-state index contributed by atoms with van der Waals surface area (Å²) in [6, 6.07) is 16.0. The number of nitrogens with one attached hydrogen (secondary N) is 3. The zero-order valence-corrected chi connectivity index (χ0v) is 18.9. The number of benzene rings is 1. The minimum absolute atomic E-state index is 0.0364. The summed E-state index contributed by atoms with van der Waals surface area (Å²) in [4.78, 5) is 29.0. The fourth-order valence-electron chi connectivity index (χ4n) is 5.27. The van der Waals surface area contributed by atoms with Crippen molar-refractivity contribution in [3.8, 4) is 0 Å². The van der Waals surface area contributed by atoms with Gasteiger partial charge in [0.1, 0.15) is 11.5 Å². The van der Waals surface area contributed by atoms with Gasteiger partial charge in [-0.05, 0) is 56.9 Å². The van der Waals surface area contributed by atoms with Crippen LogP contribution in [0.2, 0.25) is 0 Å². The van der Waals surface area contributed by atoms with E-state index >= 15 is 0 Å². The Balaban J connectivity index is 1.23. The summed E-state index contributed by atoms with van der Waals surface area (Å²) in [5.74, 6) is 2.05. The molecule has 2 aliphatic heterocycles. The number of para-hydroxylation sites is 1. The normalized spacial score (nSPS) is 21.6. The lowest BCUT2D eigenvalue weighted by molar-refractivity contribution is 0.0576. The topological polar surface area (TPSA) is 112 Å². The first kappa shape index (κ1) is 20.6. The minimum Gasteiger partial charge on any atom is -0.351 e. The van der Waals surface area contributed by atoms with Gasteiger partial charge < -0.3 is 15.5 Å². The quantitative estimate of drug-likeness (QED) is 0.417. The zero-order valence-electron chi connectivity index (χ0n) is 18.9. The lowest BCUT2D eigenvalue weighted by atomic mass is 9.97. The number of carbonyl (C=O) groups excluding carboxylic acids is 1. The number of aromatic amines is 1. The third-order valence-electron chi connectivity index (χ3n) is 6.74. The van der Waals surface area contributed by atoms with Crippen molar-refractivity contribution in [1.29, 1.82) is 0 Å². The number of rotatable bonds is 5. The first-order valence-corrected chi connectivity index (χ1v) is 11.7. The zero-order chi connectivity index (χ0) is 23.1. The number of carbonyl (C=O) groups is 1. The number of aryl methyl sites for hydroxylation is 1. The molecule has 3 aromatic heterocycles. The van der Waals surface area contributed by atoms with Crippen molar-refractivity contribution in [3.05, 3.63) is 66.1 Å². The largest absolute Gasteiger partial charge is 0.351 e. The summed E-state index contributed by atoms with van der Waals surface area (Å²) in [5, 5.41) is 15.0. The standard InChI is InChI=1S/C25H26N8O/c1-15-12-22(32-31-15)29-23-19-6-2-3-7-20(19)28-25(30-23)27-16-13-17-9-10-18(14-16)33(17)24(34)21-8-4-5-11-26-21/h2-8,11-12,16-18H,9-10,13-14H2,1H3,(H3,27,28,29,30,31,32)/t16?,17-,18+. The maximum absolute atomic E-state index is 13.1. The molecule has 9 nitrogen and oxygen atoms in total. The van der Waals surface area contributed by atoms with Gasteiger partial charge in [0, 0.05) is 41.5 Å². The molecule has 0 aliphatic carbocycles. The van der Waals surface area contributed by atoms with E-state index < -0.39 is 0 Å². The van der Waals surface area contributed by atoms with Gasteiger partial charge in [-0.25, -0.2) is 4.98 Å². The van der Waals surface area contributed by atoms with Crippen LogP contribution >= 0.6 is 0 Å². The van der Waals surface area contributed by atoms with Gasteiger partial charge in [-0.1, -0.05) is 18.2 Å². The van der Waals surface area contributed by atoms with Gasteiger partial charge in [-0.3, -0.25) is 14.9 Å². The molecular formula is C25H26N8O. The SMILES string of the molecule is Cc1cc(Nc2nc(NC3C[C@H]4CC[C@@H](C3)N4C(=O)c3ccccn3)nc3ccccc23)n[nH]1. The van der Waals surface area contributed by atoms with E-state index in [1.54, 1.807) is 12.3 Å². The average Bonchev–Trinajstić information content (AvgIpc) is 3.38. The Hall–Kier alpha value is -4.01. The maximum Gasteiger partial charge on any atom is 0.272 e. The second kappa shape index (κ2) is 8.40. The highest BCUT2D eigenvalue weighted by Crippen LogP contribution is 2.37. The van der Waals surface area contributed by atoms with Crippen molar-refractivity contribution in [1.82, 2.24) is 30.0 Å². The predicted octanol–water partition coefficient (Wildman–Crippen LogP) is 4.05. The molecule has 1 unspecified atom stereocenters. The Morgan fingerprint density at radius 2 is 1.85 bits per heavy atom. The van der Waals surface area contributed by atoms with Gasteiger partial charge in [-0.15, -0.1) is 0 Å². The first-order chi connectivity index (χ1) is 16.6. The van der Waals surface area contributed by atoms with Crippen LogP contribution in [0.3, 0.4) is 0 Å². The lowest BCUT2D eigenvalue weighted by Crippen LogP contribution is -2.50. The number of pyridine rings is 1. The monoisotopic (exact) mass is 454 g/mol. The summed E-state index contributed by atoms with van der Waals surface area (Å²) in [5.41, 5.74) is 2.36. The van der Waals surface area contributed by atoms with Gasteiger partial charge >= 0.3 is 0 Å². The molecule has 3 N–H and O–H groups in total. The van der Waals surface area contributed by atoms with Gasteiger partial charge in [-0.2, -0.15) is 10.1 Å². The van der Waals surface area contributed by atoms with Gasteiger partial charge in [0.25, 0.3) is 5.91 Å². The molecule has 2 fully saturated rings. The number of hydrogen-bond donors (Lipinski definition) is 3. The smallest absolute Gasteiger partial charge is 0.272 e. The van der Waals surface area contributed by atoms with Crippen LogP contribution in [0, 0.1) is 6.92 Å². The van der Waals surface area contributed by atoms with Crippen molar-refractivity contribution >= 4 is 34.4 Å². The van der Waals surface area contributed by atoms with E-state index in [1.807, 2.05) is 49.4 Å². The Morgan fingerprint density at radius 1 is 1.06 bits per heavy atom. The van der Waals surface area contributed by atoms with Crippen LogP contribution in [-0.4, -0.2) is 54.1 Å². The maximum atomic E-state index is 13.1. The molecule has 172 valence electrons.